The largest absolute Gasteiger partial charge is 0.447 e. The number of rotatable bonds is 7. The van der Waals surface area contributed by atoms with Gasteiger partial charge >= 0.3 is 5.97 Å². The van der Waals surface area contributed by atoms with Crippen LogP contribution in [0.4, 0.5) is 0 Å². The van der Waals surface area contributed by atoms with Crippen LogP contribution in [0.3, 0.4) is 0 Å². The Kier molecular flexibility index (Phi) is 6.87. The second kappa shape index (κ2) is 8.42. The third-order valence-electron chi connectivity index (χ3n) is 3.25. The summed E-state index contributed by atoms with van der Waals surface area (Å²) in [4.78, 5) is 40.2. The second-order valence-electron chi connectivity index (χ2n) is 5.38. The Morgan fingerprint density at radius 1 is 1.29 bits per heavy atom. The number of esters is 1. The van der Waals surface area contributed by atoms with Gasteiger partial charge < -0.3 is 15.2 Å². The van der Waals surface area contributed by atoms with Crippen LogP contribution in [0.1, 0.15) is 25.5 Å². The van der Waals surface area contributed by atoms with E-state index in [0.29, 0.717) is 5.56 Å². The zero-order valence-corrected chi connectivity index (χ0v) is 14.1. The van der Waals surface area contributed by atoms with E-state index >= 15 is 0 Å². The van der Waals surface area contributed by atoms with Gasteiger partial charge in [0.05, 0.1) is 13.7 Å². The van der Waals surface area contributed by atoms with E-state index in [9.17, 15) is 19.5 Å². The molecule has 1 rings (SSSR count). The van der Waals surface area contributed by atoms with Gasteiger partial charge in [-0.05, 0) is 6.92 Å². The van der Waals surface area contributed by atoms with Gasteiger partial charge in [0, 0.05) is 19.5 Å². The predicted molar refractivity (Wildman–Crippen MR) is 84.4 cm³/mol. The first-order valence-electron chi connectivity index (χ1n) is 7.23. The highest BCUT2D eigenvalue weighted by molar-refractivity contribution is 5.87. The molecule has 0 fully saturated rings. The highest BCUT2D eigenvalue weighted by atomic mass is 16.7. The molecule has 0 heterocycles. The van der Waals surface area contributed by atoms with Gasteiger partial charge in [0.15, 0.2) is 5.60 Å². The number of hydrogen-bond donors (Lipinski definition) is 2. The first kappa shape index (κ1) is 19.6. The van der Waals surface area contributed by atoms with E-state index < -0.39 is 29.5 Å². The summed E-state index contributed by atoms with van der Waals surface area (Å²) in [7, 11) is 2.61. The van der Waals surface area contributed by atoms with Crippen molar-refractivity contribution in [3.8, 4) is 0 Å². The van der Waals surface area contributed by atoms with Crippen molar-refractivity contribution in [2.75, 3.05) is 20.7 Å². The molecule has 1 aromatic carbocycles. The van der Waals surface area contributed by atoms with E-state index in [4.69, 9.17) is 9.57 Å². The molecule has 0 saturated carbocycles. The lowest BCUT2D eigenvalue weighted by molar-refractivity contribution is -0.186. The van der Waals surface area contributed by atoms with Crippen molar-refractivity contribution in [3.05, 3.63) is 35.9 Å². The Morgan fingerprint density at radius 3 is 2.38 bits per heavy atom. The van der Waals surface area contributed by atoms with Gasteiger partial charge in [-0.15, -0.1) is 0 Å². The van der Waals surface area contributed by atoms with Gasteiger partial charge in [0.25, 0.3) is 11.8 Å². The average Bonchev–Trinajstić information content (AvgIpc) is 2.56. The molecule has 0 bridgehead atoms. The highest BCUT2D eigenvalue weighted by Crippen LogP contribution is 2.18. The maximum absolute atomic E-state index is 12.3. The molecule has 0 radical (unpaired) electrons. The van der Waals surface area contributed by atoms with Crippen molar-refractivity contribution in [2.24, 2.45) is 0 Å². The molecular weight excluding hydrogens is 316 g/mol. The van der Waals surface area contributed by atoms with Crippen LogP contribution < -0.4 is 5.32 Å². The van der Waals surface area contributed by atoms with Crippen molar-refractivity contribution in [2.45, 2.75) is 25.6 Å². The summed E-state index contributed by atoms with van der Waals surface area (Å²) < 4.78 is 5.04. The number of ether oxygens (including phenoxy) is 1. The quantitative estimate of drug-likeness (QED) is 0.543. The number of carbonyl (C=O) groups is 3. The molecule has 0 aliphatic heterocycles. The number of hydroxylamine groups is 2. The van der Waals surface area contributed by atoms with Crippen LogP contribution in [0, 0.1) is 0 Å². The summed E-state index contributed by atoms with van der Waals surface area (Å²) in [6, 6.07) is 8.43. The summed E-state index contributed by atoms with van der Waals surface area (Å²) in [5.41, 5.74) is -1.40. The van der Waals surface area contributed by atoms with Gasteiger partial charge in [-0.25, -0.2) is 5.06 Å². The molecule has 0 unspecified atom stereocenters. The Hall–Kier alpha value is -2.45. The first-order valence-corrected chi connectivity index (χ1v) is 7.23. The third kappa shape index (κ3) is 5.32. The second-order valence-corrected chi connectivity index (χ2v) is 5.38. The topological polar surface area (TPSA) is 105 Å². The van der Waals surface area contributed by atoms with Gasteiger partial charge in [-0.2, -0.15) is 0 Å². The minimum absolute atomic E-state index is 0.372. The zero-order valence-electron chi connectivity index (χ0n) is 14.1. The lowest BCUT2D eigenvalue weighted by Gasteiger charge is -2.27. The Balaban J connectivity index is 2.82. The van der Waals surface area contributed by atoms with Crippen molar-refractivity contribution < 1.29 is 29.1 Å². The molecule has 0 aliphatic carbocycles. The number of benzene rings is 1. The summed E-state index contributed by atoms with van der Waals surface area (Å²) in [5.74, 6) is -2.00. The standard InChI is InChI=1S/C16H22N2O6/c1-11(19)24-13(12-8-6-5-7-9-12)14(20)17-10-16(2,22)15(21)18(3)23-4/h5-9,13,22H,10H2,1-4H3,(H,17,20)/t13-,16+/m1/s1. The van der Waals surface area contributed by atoms with E-state index in [2.05, 4.69) is 5.32 Å². The molecule has 132 valence electrons. The number of aliphatic hydroxyl groups is 1. The van der Waals surface area contributed by atoms with E-state index in [1.807, 2.05) is 0 Å². The number of nitrogens with zero attached hydrogens (tertiary/aromatic N) is 1. The van der Waals surface area contributed by atoms with Crippen LogP contribution in [-0.4, -0.2) is 54.3 Å². The fourth-order valence-electron chi connectivity index (χ4n) is 1.92. The molecule has 8 nitrogen and oxygen atoms in total. The number of carbonyl (C=O) groups excluding carboxylic acids is 3. The molecule has 0 aliphatic rings. The molecule has 2 N–H and O–H groups in total. The predicted octanol–water partition coefficient (Wildman–Crippen LogP) is 0.178. The summed E-state index contributed by atoms with van der Waals surface area (Å²) >= 11 is 0. The molecule has 2 atom stereocenters. The van der Waals surface area contributed by atoms with Crippen LogP contribution in [0.2, 0.25) is 0 Å². The van der Waals surface area contributed by atoms with Crippen molar-refractivity contribution >= 4 is 17.8 Å². The zero-order chi connectivity index (χ0) is 18.3. The fraction of sp³-hybridized carbons (Fsp3) is 0.438. The minimum Gasteiger partial charge on any atom is -0.447 e. The van der Waals surface area contributed by atoms with E-state index in [1.54, 1.807) is 30.3 Å². The van der Waals surface area contributed by atoms with E-state index in [1.165, 1.54) is 28.0 Å². The number of hydrogen-bond acceptors (Lipinski definition) is 6. The van der Waals surface area contributed by atoms with Crippen LogP contribution in [-0.2, 0) is 24.0 Å². The molecule has 2 amide bonds. The van der Waals surface area contributed by atoms with Gasteiger partial charge in [0.2, 0.25) is 6.10 Å². The van der Waals surface area contributed by atoms with Crippen LogP contribution in [0.5, 0.6) is 0 Å². The van der Waals surface area contributed by atoms with Crippen molar-refractivity contribution in [3.63, 3.8) is 0 Å². The number of likely N-dealkylation sites (N-methyl/N-ethyl adjacent to an activating group) is 1. The number of amides is 2. The van der Waals surface area contributed by atoms with E-state index in [-0.39, 0.29) is 6.54 Å². The van der Waals surface area contributed by atoms with Crippen LogP contribution in [0.25, 0.3) is 0 Å². The fourth-order valence-corrected chi connectivity index (χ4v) is 1.92. The monoisotopic (exact) mass is 338 g/mol. The van der Waals surface area contributed by atoms with Gasteiger partial charge in [-0.1, -0.05) is 30.3 Å². The van der Waals surface area contributed by atoms with Crippen LogP contribution in [0.15, 0.2) is 30.3 Å². The molecule has 0 saturated heterocycles. The molecular formula is C16H22N2O6. The molecule has 1 aromatic rings. The van der Waals surface area contributed by atoms with Gasteiger partial charge in [-0.3, -0.25) is 19.2 Å². The lowest BCUT2D eigenvalue weighted by atomic mass is 10.1. The summed E-state index contributed by atoms with van der Waals surface area (Å²) in [6.45, 7) is 2.06. The molecule has 24 heavy (non-hydrogen) atoms. The first-order chi connectivity index (χ1) is 11.2. The molecule has 0 spiro atoms. The average molecular weight is 338 g/mol. The summed E-state index contributed by atoms with van der Waals surface area (Å²) in [5, 5.41) is 13.4. The van der Waals surface area contributed by atoms with Crippen LogP contribution >= 0.6 is 0 Å². The maximum atomic E-state index is 12.3. The Labute approximate surface area is 140 Å². The Bertz CT molecular complexity index is 587. The normalized spacial score (nSPS) is 14.2. The maximum Gasteiger partial charge on any atom is 0.303 e. The number of nitrogens with one attached hydrogen (secondary N) is 1. The van der Waals surface area contributed by atoms with Crippen molar-refractivity contribution in [1.82, 2.24) is 10.4 Å². The molecule has 0 aromatic heterocycles. The Morgan fingerprint density at radius 2 is 1.88 bits per heavy atom. The van der Waals surface area contributed by atoms with Gasteiger partial charge in [0.1, 0.15) is 0 Å². The summed E-state index contributed by atoms with van der Waals surface area (Å²) in [6.07, 6.45) is -1.17. The third-order valence-corrected chi connectivity index (χ3v) is 3.25. The highest BCUT2D eigenvalue weighted by Gasteiger charge is 2.35. The molecule has 8 heteroatoms. The lowest BCUT2D eigenvalue weighted by Crippen LogP contribution is -2.52. The SMILES string of the molecule is CON(C)C(=O)[C@@](C)(O)CNC(=O)[C@H](OC(C)=O)c1ccccc1. The smallest absolute Gasteiger partial charge is 0.303 e. The minimum atomic E-state index is -1.88. The van der Waals surface area contributed by atoms with E-state index in [0.717, 1.165) is 5.06 Å². The van der Waals surface area contributed by atoms with Crippen molar-refractivity contribution in [1.29, 1.82) is 0 Å².